The molecule has 4 rings (SSSR count). The van der Waals surface area contributed by atoms with Gasteiger partial charge in [0.25, 0.3) is 0 Å². The Labute approximate surface area is 134 Å². The summed E-state index contributed by atoms with van der Waals surface area (Å²) >= 11 is 0. The Morgan fingerprint density at radius 1 is 1.22 bits per heavy atom. The van der Waals surface area contributed by atoms with E-state index in [0.29, 0.717) is 0 Å². The third-order valence-corrected chi connectivity index (χ3v) is 3.93. The molecule has 2 aromatic rings. The molecule has 2 aliphatic rings. The Kier molecular flexibility index (Phi) is 3.24. The van der Waals surface area contributed by atoms with E-state index in [1.54, 1.807) is 0 Å². The van der Waals surface area contributed by atoms with Crippen molar-refractivity contribution in [3.05, 3.63) is 66.0 Å². The summed E-state index contributed by atoms with van der Waals surface area (Å²) in [7, 11) is 0. The summed E-state index contributed by atoms with van der Waals surface area (Å²) in [6, 6.07) is 12.3. The molecule has 0 fully saturated rings. The molecule has 3 heterocycles. The van der Waals surface area contributed by atoms with E-state index in [1.165, 1.54) is 0 Å². The summed E-state index contributed by atoms with van der Waals surface area (Å²) in [6.45, 7) is 4.79. The number of hydrogen-bond acceptors (Lipinski definition) is 4. The molecule has 3 N–H and O–H groups in total. The molecule has 1 aromatic heterocycles. The van der Waals surface area contributed by atoms with Crippen molar-refractivity contribution in [2.45, 2.75) is 13.8 Å². The molecule has 6 nitrogen and oxygen atoms in total. The zero-order chi connectivity index (χ0) is 15.8. The molecule has 0 saturated heterocycles. The number of anilines is 2. The van der Waals surface area contributed by atoms with Gasteiger partial charge in [-0.05, 0) is 26.0 Å². The Morgan fingerprint density at radius 2 is 2.04 bits per heavy atom. The lowest BCUT2D eigenvalue weighted by Gasteiger charge is -2.28. The summed E-state index contributed by atoms with van der Waals surface area (Å²) in [5.41, 5.74) is 3.22. The number of para-hydroxylation sites is 1. The number of allylic oxidation sites excluding steroid dienone is 1. The number of aliphatic imine (C=N–C) groups is 1. The lowest BCUT2D eigenvalue weighted by Crippen LogP contribution is -3.10. The number of fused-ring (bicyclic) bond motifs is 1. The van der Waals surface area contributed by atoms with Gasteiger partial charge in [0, 0.05) is 17.4 Å². The minimum absolute atomic E-state index is 0.776. The molecule has 6 heteroatoms. The quantitative estimate of drug-likeness (QED) is 0.807. The summed E-state index contributed by atoms with van der Waals surface area (Å²) in [5.74, 6) is 2.92. The van der Waals surface area contributed by atoms with Crippen LogP contribution < -0.4 is 15.1 Å². The Bertz CT molecular complexity index is 815. The van der Waals surface area contributed by atoms with E-state index in [9.17, 15) is 0 Å². The monoisotopic (exact) mass is 307 g/mol. The molecule has 0 aliphatic carbocycles. The largest absolute Gasteiger partial charge is 0.329 e. The molecular weight excluding hydrogens is 288 g/mol. The van der Waals surface area contributed by atoms with Gasteiger partial charge in [-0.2, -0.15) is 10.1 Å². The van der Waals surface area contributed by atoms with Crippen molar-refractivity contribution < 1.29 is 4.90 Å². The van der Waals surface area contributed by atoms with Crippen molar-refractivity contribution in [1.29, 1.82) is 0 Å². The molecule has 1 atom stereocenters. The molecule has 0 saturated carbocycles. The standard InChI is InChI=1S/C17H18N6/c1-12-8-15(21-20-12)19-17-11-22(14-6-4-3-5-7-14)10-16-18-13(2)9-23(16)17/h3-9,11H,10H2,1-2H3,(H2,19,20,21)/p+1. The number of aromatic nitrogens is 2. The third-order valence-electron chi connectivity index (χ3n) is 3.93. The average Bonchev–Trinajstić information content (AvgIpc) is 3.13. The molecule has 0 spiro atoms. The first-order valence-corrected chi connectivity index (χ1v) is 7.65. The topological polar surface area (TPSA) is 60.8 Å². The molecule has 116 valence electrons. The third kappa shape index (κ3) is 2.64. The van der Waals surface area contributed by atoms with E-state index in [2.05, 4.69) is 49.9 Å². The molecule has 0 bridgehead atoms. The second-order valence-electron chi connectivity index (χ2n) is 5.83. The number of benzene rings is 1. The minimum atomic E-state index is 0.776. The van der Waals surface area contributed by atoms with Gasteiger partial charge in [0.2, 0.25) is 11.7 Å². The van der Waals surface area contributed by atoms with Crippen LogP contribution in [0, 0.1) is 6.92 Å². The van der Waals surface area contributed by atoms with Crippen LogP contribution in [0.3, 0.4) is 0 Å². The SMILES string of the molecule is CC1=C[NH+]2C(Nc3cc(C)[nH]n3)=CN(c3ccccc3)CC2=N1. The maximum Gasteiger partial charge on any atom is 0.232 e. The van der Waals surface area contributed by atoms with Gasteiger partial charge in [-0.1, -0.05) is 18.2 Å². The van der Waals surface area contributed by atoms with Crippen molar-refractivity contribution in [2.75, 3.05) is 16.8 Å². The highest BCUT2D eigenvalue weighted by Crippen LogP contribution is 2.18. The van der Waals surface area contributed by atoms with E-state index < -0.39 is 0 Å². The number of aromatic amines is 1. The average molecular weight is 307 g/mol. The second-order valence-corrected chi connectivity index (χ2v) is 5.83. The van der Waals surface area contributed by atoms with Crippen molar-refractivity contribution in [3.63, 3.8) is 0 Å². The van der Waals surface area contributed by atoms with Gasteiger partial charge >= 0.3 is 0 Å². The normalized spacial score (nSPS) is 19.8. The number of amidine groups is 1. The van der Waals surface area contributed by atoms with Crippen LogP contribution in [0.2, 0.25) is 0 Å². The number of H-pyrrole nitrogens is 1. The van der Waals surface area contributed by atoms with Crippen LogP contribution in [0.4, 0.5) is 11.5 Å². The van der Waals surface area contributed by atoms with Crippen LogP contribution in [0.1, 0.15) is 12.6 Å². The highest BCUT2D eigenvalue weighted by molar-refractivity contribution is 5.84. The van der Waals surface area contributed by atoms with Gasteiger partial charge in [-0.25, -0.2) is 4.90 Å². The zero-order valence-electron chi connectivity index (χ0n) is 13.2. The van der Waals surface area contributed by atoms with Crippen LogP contribution in [-0.2, 0) is 0 Å². The van der Waals surface area contributed by atoms with Gasteiger partial charge in [-0.3, -0.25) is 10.4 Å². The zero-order valence-corrected chi connectivity index (χ0v) is 13.2. The number of aryl methyl sites for hydroxylation is 1. The van der Waals surface area contributed by atoms with Crippen molar-refractivity contribution in [3.8, 4) is 0 Å². The fraction of sp³-hybridized carbons (Fsp3) is 0.176. The van der Waals surface area contributed by atoms with Crippen LogP contribution in [0.5, 0.6) is 0 Å². The lowest BCUT2D eigenvalue weighted by molar-refractivity contribution is -0.698. The molecule has 1 unspecified atom stereocenters. The molecular formula is C17H19N6+. The van der Waals surface area contributed by atoms with E-state index in [-0.39, 0.29) is 0 Å². The molecule has 0 amide bonds. The van der Waals surface area contributed by atoms with E-state index in [1.807, 2.05) is 38.1 Å². The van der Waals surface area contributed by atoms with Crippen LogP contribution in [-0.4, -0.2) is 22.6 Å². The van der Waals surface area contributed by atoms with E-state index >= 15 is 0 Å². The number of hydrogen-bond donors (Lipinski definition) is 3. The molecule has 2 aliphatic heterocycles. The predicted molar refractivity (Wildman–Crippen MR) is 91.0 cm³/mol. The smallest absolute Gasteiger partial charge is 0.232 e. The van der Waals surface area contributed by atoms with Crippen LogP contribution >= 0.6 is 0 Å². The first kappa shape index (κ1) is 13.8. The molecule has 23 heavy (non-hydrogen) atoms. The van der Waals surface area contributed by atoms with E-state index in [4.69, 9.17) is 0 Å². The summed E-state index contributed by atoms with van der Waals surface area (Å²) in [6.07, 6.45) is 4.25. The summed E-state index contributed by atoms with van der Waals surface area (Å²) < 4.78 is 0. The summed E-state index contributed by atoms with van der Waals surface area (Å²) in [5, 5.41) is 10.6. The Balaban J connectivity index is 1.70. The van der Waals surface area contributed by atoms with Crippen LogP contribution in [0.25, 0.3) is 0 Å². The van der Waals surface area contributed by atoms with Crippen molar-refractivity contribution >= 4 is 17.3 Å². The Morgan fingerprint density at radius 3 is 2.78 bits per heavy atom. The Hall–Kier alpha value is -2.86. The van der Waals surface area contributed by atoms with E-state index in [0.717, 1.165) is 46.0 Å². The van der Waals surface area contributed by atoms with Gasteiger partial charge < -0.3 is 4.90 Å². The second kappa shape index (κ2) is 5.40. The predicted octanol–water partition coefficient (Wildman–Crippen LogP) is 1.61. The lowest BCUT2D eigenvalue weighted by atomic mass is 10.2. The fourth-order valence-corrected chi connectivity index (χ4v) is 2.89. The highest BCUT2D eigenvalue weighted by Gasteiger charge is 2.33. The number of nitrogens with one attached hydrogen (secondary N) is 3. The summed E-state index contributed by atoms with van der Waals surface area (Å²) in [4.78, 5) is 8.03. The fourth-order valence-electron chi connectivity index (χ4n) is 2.89. The van der Waals surface area contributed by atoms with Crippen molar-refractivity contribution in [1.82, 2.24) is 10.2 Å². The molecule has 0 radical (unpaired) electrons. The minimum Gasteiger partial charge on any atom is -0.329 e. The van der Waals surface area contributed by atoms with Crippen LogP contribution in [0.15, 0.2) is 65.3 Å². The molecule has 1 aromatic carbocycles. The van der Waals surface area contributed by atoms with Gasteiger partial charge in [0.15, 0.2) is 5.82 Å². The first-order valence-electron chi connectivity index (χ1n) is 7.65. The maximum absolute atomic E-state index is 4.67. The number of rotatable bonds is 3. The van der Waals surface area contributed by atoms with Crippen molar-refractivity contribution in [2.24, 2.45) is 4.99 Å². The van der Waals surface area contributed by atoms with Gasteiger partial charge in [0.1, 0.15) is 12.7 Å². The maximum atomic E-state index is 4.67. The first-order chi connectivity index (χ1) is 11.2. The van der Waals surface area contributed by atoms with Gasteiger partial charge in [0.05, 0.1) is 11.9 Å². The highest BCUT2D eigenvalue weighted by atomic mass is 15.4. The van der Waals surface area contributed by atoms with Gasteiger partial charge in [-0.15, -0.1) is 0 Å². The number of nitrogens with zero attached hydrogens (tertiary/aromatic N) is 3. The number of quaternary nitrogens is 1.